The lowest BCUT2D eigenvalue weighted by Gasteiger charge is -2.28. The minimum atomic E-state index is -0.207. The van der Waals surface area contributed by atoms with Gasteiger partial charge < -0.3 is 14.5 Å². The molecule has 1 N–H and O–H groups in total. The monoisotopic (exact) mass is 546 g/mol. The van der Waals surface area contributed by atoms with Gasteiger partial charge in [-0.05, 0) is 41.5 Å². The maximum absolute atomic E-state index is 13.7. The maximum atomic E-state index is 13.7. The van der Waals surface area contributed by atoms with Crippen LogP contribution in [0.3, 0.4) is 0 Å². The molecular formula is C30H31ClN4O4. The standard InChI is InChI=1S/C30H31ClN4O4/c31-24-3-1-20(2-4-24)15-32-28(37)14-23-17-35-25(5-6-34-18-26(36)19-34)13-22-11-21(12-27(29(22)35)30(23)38)16-33-7-9-39-10-8-33/h1-4,11-13,17H,5-10,14-16,18-19H2,(H,32,37). The van der Waals surface area contributed by atoms with Gasteiger partial charge in [-0.1, -0.05) is 23.7 Å². The molecule has 2 aromatic carbocycles. The van der Waals surface area contributed by atoms with Crippen LogP contribution in [0.25, 0.3) is 16.3 Å². The van der Waals surface area contributed by atoms with Gasteiger partial charge in [0.15, 0.2) is 11.2 Å². The van der Waals surface area contributed by atoms with E-state index in [0.29, 0.717) is 48.8 Å². The molecule has 0 bridgehead atoms. The van der Waals surface area contributed by atoms with Crippen molar-refractivity contribution in [3.8, 4) is 0 Å². The predicted molar refractivity (Wildman–Crippen MR) is 151 cm³/mol. The molecule has 2 saturated heterocycles. The molecule has 9 heteroatoms. The van der Waals surface area contributed by atoms with Gasteiger partial charge in [-0.25, -0.2) is 0 Å². The van der Waals surface area contributed by atoms with Crippen molar-refractivity contribution >= 4 is 39.6 Å². The van der Waals surface area contributed by atoms with E-state index in [0.717, 1.165) is 60.3 Å². The lowest BCUT2D eigenvalue weighted by Crippen LogP contribution is -2.47. The highest BCUT2D eigenvalue weighted by atomic mass is 35.5. The zero-order chi connectivity index (χ0) is 26.9. The zero-order valence-electron chi connectivity index (χ0n) is 21.7. The SMILES string of the molecule is O=C1CN(CCc2cc3cc(CN4CCOCC4)cc4c(=O)c(CC(=O)NCc5ccc(Cl)cc5)cn2c34)C1. The molecule has 0 atom stereocenters. The van der Waals surface area contributed by atoms with E-state index < -0.39 is 0 Å². The van der Waals surface area contributed by atoms with Crippen LogP contribution in [0.15, 0.2) is 53.5 Å². The number of carbonyl (C=O) groups is 2. The number of likely N-dealkylation sites (tertiary alicyclic amines) is 1. The molecular weight excluding hydrogens is 516 g/mol. The molecule has 0 radical (unpaired) electrons. The largest absolute Gasteiger partial charge is 0.379 e. The first-order valence-electron chi connectivity index (χ1n) is 13.4. The van der Waals surface area contributed by atoms with Crippen LogP contribution in [0, 0.1) is 0 Å². The van der Waals surface area contributed by atoms with Gasteiger partial charge >= 0.3 is 0 Å². The van der Waals surface area contributed by atoms with Crippen molar-refractivity contribution in [2.75, 3.05) is 45.9 Å². The molecule has 1 amide bonds. The minimum Gasteiger partial charge on any atom is -0.379 e. The average Bonchev–Trinajstić information content (AvgIpc) is 3.26. The topological polar surface area (TPSA) is 83.4 Å². The van der Waals surface area contributed by atoms with Crippen LogP contribution in [0.4, 0.5) is 0 Å². The number of rotatable bonds is 9. The van der Waals surface area contributed by atoms with Gasteiger partial charge in [0.1, 0.15) is 0 Å². The van der Waals surface area contributed by atoms with E-state index >= 15 is 0 Å². The summed E-state index contributed by atoms with van der Waals surface area (Å²) in [5.41, 5.74) is 4.35. The molecule has 0 saturated carbocycles. The molecule has 4 aromatic rings. The maximum Gasteiger partial charge on any atom is 0.224 e. The first kappa shape index (κ1) is 26.0. The number of nitrogens with one attached hydrogen (secondary N) is 1. The first-order chi connectivity index (χ1) is 18.9. The fourth-order valence-electron chi connectivity index (χ4n) is 5.55. The molecule has 0 aliphatic carbocycles. The molecule has 6 rings (SSSR count). The second-order valence-corrected chi connectivity index (χ2v) is 11.0. The highest BCUT2D eigenvalue weighted by molar-refractivity contribution is 6.30. The van der Waals surface area contributed by atoms with E-state index in [9.17, 15) is 14.4 Å². The van der Waals surface area contributed by atoms with E-state index in [1.54, 1.807) is 12.1 Å². The fourth-order valence-corrected chi connectivity index (χ4v) is 5.67. The Morgan fingerprint density at radius 3 is 2.49 bits per heavy atom. The molecule has 2 aliphatic rings. The summed E-state index contributed by atoms with van der Waals surface area (Å²) >= 11 is 5.96. The van der Waals surface area contributed by atoms with Crippen LogP contribution >= 0.6 is 11.6 Å². The van der Waals surface area contributed by atoms with Crippen LogP contribution < -0.4 is 10.7 Å². The lowest BCUT2D eigenvalue weighted by atomic mass is 10.0. The smallest absolute Gasteiger partial charge is 0.224 e. The quantitative estimate of drug-likeness (QED) is 0.347. The summed E-state index contributed by atoms with van der Waals surface area (Å²) in [6, 6.07) is 13.6. The second kappa shape index (κ2) is 11.1. The van der Waals surface area contributed by atoms with E-state index in [1.807, 2.05) is 24.4 Å². The lowest BCUT2D eigenvalue weighted by molar-refractivity contribution is -0.128. The molecule has 0 unspecified atom stereocenters. The normalized spacial score (nSPS) is 16.7. The molecule has 39 heavy (non-hydrogen) atoms. The predicted octanol–water partition coefficient (Wildman–Crippen LogP) is 2.66. The molecule has 4 heterocycles. The number of ether oxygens (including phenoxy) is 1. The third-order valence-corrected chi connectivity index (χ3v) is 7.89. The van der Waals surface area contributed by atoms with Gasteiger partial charge in [0, 0.05) is 72.4 Å². The number of nitrogens with zero attached hydrogens (tertiary/aromatic N) is 3. The van der Waals surface area contributed by atoms with Crippen molar-refractivity contribution in [2.45, 2.75) is 25.9 Å². The number of pyridine rings is 1. The van der Waals surface area contributed by atoms with E-state index in [-0.39, 0.29) is 23.5 Å². The van der Waals surface area contributed by atoms with Crippen molar-refractivity contribution in [3.63, 3.8) is 0 Å². The number of ketones is 1. The average molecular weight is 547 g/mol. The van der Waals surface area contributed by atoms with Crippen LogP contribution in [-0.2, 0) is 40.3 Å². The number of hydrogen-bond donors (Lipinski definition) is 1. The Labute approximate surface area is 231 Å². The Kier molecular flexibility index (Phi) is 7.36. The van der Waals surface area contributed by atoms with Crippen LogP contribution in [0.1, 0.15) is 22.4 Å². The Balaban J connectivity index is 1.30. The highest BCUT2D eigenvalue weighted by Gasteiger charge is 2.24. The summed E-state index contributed by atoms with van der Waals surface area (Å²) in [6.07, 6.45) is 2.58. The third kappa shape index (κ3) is 5.70. The minimum absolute atomic E-state index is 0.000700. The Morgan fingerprint density at radius 2 is 1.74 bits per heavy atom. The van der Waals surface area contributed by atoms with Crippen molar-refractivity contribution in [1.82, 2.24) is 19.5 Å². The molecule has 8 nitrogen and oxygen atoms in total. The number of hydrogen-bond acceptors (Lipinski definition) is 6. The highest BCUT2D eigenvalue weighted by Crippen LogP contribution is 2.27. The summed E-state index contributed by atoms with van der Waals surface area (Å²) in [5.74, 6) is 0.0607. The summed E-state index contributed by atoms with van der Waals surface area (Å²) in [7, 11) is 0. The summed E-state index contributed by atoms with van der Waals surface area (Å²) < 4.78 is 7.57. The van der Waals surface area contributed by atoms with Crippen LogP contribution in [-0.4, -0.2) is 71.8 Å². The van der Waals surface area contributed by atoms with Gasteiger partial charge in [-0.2, -0.15) is 0 Å². The fraction of sp³-hybridized carbons (Fsp3) is 0.367. The number of Topliss-reactive ketones (excluding diaryl/α,β-unsaturated/α-hetero) is 1. The molecule has 0 spiro atoms. The number of carbonyl (C=O) groups excluding carboxylic acids is 2. The number of morpholine rings is 1. The van der Waals surface area contributed by atoms with Crippen molar-refractivity contribution in [1.29, 1.82) is 0 Å². The Hall–Kier alpha value is -3.30. The number of benzene rings is 2. The van der Waals surface area contributed by atoms with Gasteiger partial charge in [0.05, 0.1) is 38.2 Å². The Bertz CT molecular complexity index is 1570. The number of aromatic nitrogens is 1. The molecule has 2 aliphatic heterocycles. The second-order valence-electron chi connectivity index (χ2n) is 10.5. The third-order valence-electron chi connectivity index (χ3n) is 7.64. The Morgan fingerprint density at radius 1 is 0.974 bits per heavy atom. The van der Waals surface area contributed by atoms with E-state index in [4.69, 9.17) is 16.3 Å². The molecule has 202 valence electrons. The van der Waals surface area contributed by atoms with Gasteiger partial charge in [-0.15, -0.1) is 0 Å². The summed E-state index contributed by atoms with van der Waals surface area (Å²) in [5, 5.41) is 5.24. The van der Waals surface area contributed by atoms with Crippen molar-refractivity contribution < 1.29 is 14.3 Å². The zero-order valence-corrected chi connectivity index (χ0v) is 22.5. The van der Waals surface area contributed by atoms with Crippen molar-refractivity contribution in [3.05, 3.63) is 86.3 Å². The van der Waals surface area contributed by atoms with Gasteiger partial charge in [-0.3, -0.25) is 24.2 Å². The van der Waals surface area contributed by atoms with Crippen LogP contribution in [0.5, 0.6) is 0 Å². The van der Waals surface area contributed by atoms with Gasteiger partial charge in [0.25, 0.3) is 0 Å². The number of halogens is 1. The van der Waals surface area contributed by atoms with Crippen molar-refractivity contribution in [2.24, 2.45) is 0 Å². The summed E-state index contributed by atoms with van der Waals surface area (Å²) in [4.78, 5) is 42.5. The van der Waals surface area contributed by atoms with Gasteiger partial charge in [0.2, 0.25) is 5.91 Å². The molecule has 2 aromatic heterocycles. The first-order valence-corrected chi connectivity index (χ1v) is 13.8. The summed E-state index contributed by atoms with van der Waals surface area (Å²) in [6.45, 7) is 6.04. The van der Waals surface area contributed by atoms with Crippen LogP contribution in [0.2, 0.25) is 5.02 Å². The van der Waals surface area contributed by atoms with E-state index in [2.05, 4.69) is 31.7 Å². The van der Waals surface area contributed by atoms with E-state index in [1.165, 1.54) is 0 Å². The number of amides is 1. The molecule has 2 fully saturated rings.